The second kappa shape index (κ2) is 9.88. The largest absolute Gasteiger partial charge is 0.397 e. The van der Waals surface area contributed by atoms with Gasteiger partial charge in [-0.15, -0.1) is 0 Å². The summed E-state index contributed by atoms with van der Waals surface area (Å²) in [6, 6.07) is 29.4. The summed E-state index contributed by atoms with van der Waals surface area (Å²) >= 11 is 0. The van der Waals surface area contributed by atoms with Crippen LogP contribution in [0.3, 0.4) is 0 Å². The molecule has 0 spiro atoms. The van der Waals surface area contributed by atoms with Crippen LogP contribution in [0.2, 0.25) is 0 Å². The second-order valence-electron chi connectivity index (χ2n) is 8.56. The van der Waals surface area contributed by atoms with Crippen LogP contribution >= 0.6 is 0 Å². The molecule has 5 nitrogen and oxygen atoms in total. The van der Waals surface area contributed by atoms with Crippen LogP contribution in [0.15, 0.2) is 103 Å². The molecule has 0 fully saturated rings. The molecule has 5 rings (SSSR count). The van der Waals surface area contributed by atoms with E-state index in [0.717, 1.165) is 33.5 Å². The van der Waals surface area contributed by atoms with E-state index in [-0.39, 0.29) is 17.8 Å². The van der Waals surface area contributed by atoms with Crippen LogP contribution in [0.5, 0.6) is 0 Å². The molecule has 1 atom stereocenters. The highest BCUT2D eigenvalue weighted by Gasteiger charge is 2.18. The third kappa shape index (κ3) is 4.74. The lowest BCUT2D eigenvalue weighted by atomic mass is 10.1. The average Bonchev–Trinajstić information content (AvgIpc) is 3.29. The van der Waals surface area contributed by atoms with E-state index in [9.17, 15) is 9.18 Å². The highest BCUT2D eigenvalue weighted by Crippen LogP contribution is 2.32. The van der Waals surface area contributed by atoms with Crippen molar-refractivity contribution in [2.24, 2.45) is 0 Å². The van der Waals surface area contributed by atoms with Gasteiger partial charge >= 0.3 is 0 Å². The highest BCUT2D eigenvalue weighted by molar-refractivity contribution is 6.03. The van der Waals surface area contributed by atoms with Crippen LogP contribution in [0.4, 0.5) is 15.8 Å². The third-order valence-electron chi connectivity index (χ3n) is 6.13. The number of aromatic nitrogens is 2. The summed E-state index contributed by atoms with van der Waals surface area (Å²) in [6.45, 7) is 2.08. The molecule has 0 saturated heterocycles. The SMILES string of the molecule is C[C@H](c1ccc(F)cc1)n1c(-c2cccc(/C=C/C(=O)Nc3ccccc3N)c2)nc2ccccc21. The minimum Gasteiger partial charge on any atom is -0.397 e. The molecule has 0 radical (unpaired) electrons. The van der Waals surface area contributed by atoms with E-state index in [1.165, 1.54) is 18.2 Å². The lowest BCUT2D eigenvalue weighted by molar-refractivity contribution is -0.111. The van der Waals surface area contributed by atoms with Gasteiger partial charge in [-0.2, -0.15) is 0 Å². The summed E-state index contributed by atoms with van der Waals surface area (Å²) in [5.74, 6) is 0.264. The summed E-state index contributed by atoms with van der Waals surface area (Å²) in [4.78, 5) is 17.4. The number of rotatable bonds is 6. The maximum Gasteiger partial charge on any atom is 0.248 e. The fourth-order valence-electron chi connectivity index (χ4n) is 4.27. The molecule has 5 aromatic rings. The van der Waals surface area contributed by atoms with E-state index < -0.39 is 0 Å². The van der Waals surface area contributed by atoms with E-state index in [1.54, 1.807) is 30.3 Å². The molecule has 1 heterocycles. The molecular formula is C30H25FN4O. The maximum atomic E-state index is 13.5. The average molecular weight is 477 g/mol. The Kier molecular flexibility index (Phi) is 6.33. The molecule has 3 N–H and O–H groups in total. The Morgan fingerprint density at radius 2 is 1.72 bits per heavy atom. The Bertz CT molecular complexity index is 1570. The van der Waals surface area contributed by atoms with Crippen molar-refractivity contribution in [2.45, 2.75) is 13.0 Å². The Morgan fingerprint density at radius 3 is 2.53 bits per heavy atom. The summed E-state index contributed by atoms with van der Waals surface area (Å²) in [7, 11) is 0. The first-order valence-electron chi connectivity index (χ1n) is 11.7. The van der Waals surface area contributed by atoms with Crippen molar-refractivity contribution < 1.29 is 9.18 Å². The summed E-state index contributed by atoms with van der Waals surface area (Å²) in [5.41, 5.74) is 11.6. The topological polar surface area (TPSA) is 72.9 Å². The smallest absolute Gasteiger partial charge is 0.248 e. The molecule has 1 aromatic heterocycles. The minimum atomic E-state index is -0.268. The van der Waals surface area contributed by atoms with Crippen LogP contribution in [0.1, 0.15) is 24.1 Å². The first-order chi connectivity index (χ1) is 17.5. The van der Waals surface area contributed by atoms with E-state index in [2.05, 4.69) is 16.8 Å². The summed E-state index contributed by atoms with van der Waals surface area (Å²) in [6.07, 6.45) is 3.24. The van der Waals surface area contributed by atoms with Gasteiger partial charge < -0.3 is 15.6 Å². The molecule has 0 aliphatic rings. The quantitative estimate of drug-likeness (QED) is 0.212. The predicted octanol–water partition coefficient (Wildman–Crippen LogP) is 6.69. The van der Waals surface area contributed by atoms with Gasteiger partial charge in [0.05, 0.1) is 28.5 Å². The Morgan fingerprint density at radius 1 is 0.972 bits per heavy atom. The number of amides is 1. The molecule has 0 unspecified atom stereocenters. The lowest BCUT2D eigenvalue weighted by Gasteiger charge is -2.18. The van der Waals surface area contributed by atoms with Crippen LogP contribution in [0.25, 0.3) is 28.5 Å². The predicted molar refractivity (Wildman–Crippen MR) is 144 cm³/mol. The van der Waals surface area contributed by atoms with Gasteiger partial charge in [0, 0.05) is 11.6 Å². The number of anilines is 2. The number of nitrogens with zero attached hydrogens (tertiary/aromatic N) is 2. The second-order valence-corrected chi connectivity index (χ2v) is 8.56. The molecule has 4 aromatic carbocycles. The van der Waals surface area contributed by atoms with Crippen molar-refractivity contribution in [3.63, 3.8) is 0 Å². The minimum absolute atomic E-state index is 0.0747. The van der Waals surface area contributed by atoms with Gasteiger partial charge in [0.15, 0.2) is 0 Å². The number of hydrogen-bond acceptors (Lipinski definition) is 3. The van der Waals surface area contributed by atoms with Crippen molar-refractivity contribution in [1.29, 1.82) is 0 Å². The Hall–Kier alpha value is -4.71. The summed E-state index contributed by atoms with van der Waals surface area (Å²) in [5, 5.41) is 2.80. The number of para-hydroxylation sites is 4. The number of nitrogens with two attached hydrogens (primary N) is 1. The molecule has 0 saturated carbocycles. The van der Waals surface area contributed by atoms with Gasteiger partial charge in [0.1, 0.15) is 11.6 Å². The van der Waals surface area contributed by atoms with Gasteiger partial charge in [-0.3, -0.25) is 4.79 Å². The highest BCUT2D eigenvalue weighted by atomic mass is 19.1. The monoisotopic (exact) mass is 476 g/mol. The van der Waals surface area contributed by atoms with E-state index in [0.29, 0.717) is 11.4 Å². The van der Waals surface area contributed by atoms with Crippen molar-refractivity contribution in [3.05, 3.63) is 120 Å². The Labute approximate surface area is 208 Å². The molecule has 6 heteroatoms. The zero-order chi connectivity index (χ0) is 25.1. The third-order valence-corrected chi connectivity index (χ3v) is 6.13. The number of halogens is 1. The summed E-state index contributed by atoms with van der Waals surface area (Å²) < 4.78 is 15.7. The molecule has 0 aliphatic carbocycles. The van der Waals surface area contributed by atoms with Crippen molar-refractivity contribution in [3.8, 4) is 11.4 Å². The van der Waals surface area contributed by atoms with Crippen LogP contribution in [0, 0.1) is 5.82 Å². The molecular weight excluding hydrogens is 451 g/mol. The zero-order valence-corrected chi connectivity index (χ0v) is 19.7. The van der Waals surface area contributed by atoms with E-state index in [4.69, 9.17) is 10.7 Å². The molecule has 0 bridgehead atoms. The number of carbonyl (C=O) groups excluding carboxylic acids is 1. The van der Waals surface area contributed by atoms with Crippen LogP contribution in [-0.4, -0.2) is 15.5 Å². The van der Waals surface area contributed by atoms with Crippen molar-refractivity contribution in [2.75, 3.05) is 11.1 Å². The molecule has 1 amide bonds. The van der Waals surface area contributed by atoms with E-state index in [1.807, 2.05) is 60.7 Å². The number of imidazole rings is 1. The number of nitrogen functional groups attached to an aromatic ring is 1. The van der Waals surface area contributed by atoms with Crippen molar-refractivity contribution in [1.82, 2.24) is 9.55 Å². The standard InChI is InChI=1S/C30H25FN4O/c1-20(22-14-16-24(31)17-15-22)35-28-12-5-4-11-27(28)34-30(35)23-8-6-7-21(19-23)13-18-29(36)33-26-10-3-2-9-25(26)32/h2-20H,32H2,1H3,(H,33,36)/b18-13+/t20-/m1/s1. The normalized spacial score (nSPS) is 12.2. The number of benzene rings is 4. The van der Waals surface area contributed by atoms with Crippen LogP contribution in [-0.2, 0) is 4.79 Å². The first kappa shape index (κ1) is 23.1. The van der Waals surface area contributed by atoms with Crippen molar-refractivity contribution >= 4 is 34.4 Å². The zero-order valence-electron chi connectivity index (χ0n) is 19.7. The Balaban J connectivity index is 1.48. The van der Waals surface area contributed by atoms with Gasteiger partial charge in [-0.1, -0.05) is 54.6 Å². The molecule has 0 aliphatic heterocycles. The van der Waals surface area contributed by atoms with Gasteiger partial charge in [0.25, 0.3) is 0 Å². The molecule has 178 valence electrons. The van der Waals surface area contributed by atoms with Gasteiger partial charge in [0.2, 0.25) is 5.91 Å². The number of carbonyl (C=O) groups is 1. The van der Waals surface area contributed by atoms with E-state index >= 15 is 0 Å². The van der Waals surface area contributed by atoms with Gasteiger partial charge in [-0.25, -0.2) is 9.37 Å². The van der Waals surface area contributed by atoms with Crippen LogP contribution < -0.4 is 11.1 Å². The number of fused-ring (bicyclic) bond motifs is 1. The number of nitrogens with one attached hydrogen (secondary N) is 1. The maximum absolute atomic E-state index is 13.5. The first-order valence-corrected chi connectivity index (χ1v) is 11.7. The fourth-order valence-corrected chi connectivity index (χ4v) is 4.27. The molecule has 36 heavy (non-hydrogen) atoms. The number of hydrogen-bond donors (Lipinski definition) is 2. The lowest BCUT2D eigenvalue weighted by Crippen LogP contribution is -2.09. The fraction of sp³-hybridized carbons (Fsp3) is 0.0667. The van der Waals surface area contributed by atoms with Gasteiger partial charge in [-0.05, 0) is 66.6 Å².